The highest BCUT2D eigenvalue weighted by atomic mass is 35.5. The molecule has 0 saturated carbocycles. The molecule has 4 aromatic rings. The lowest BCUT2D eigenvalue weighted by molar-refractivity contribution is 0.631. The Balaban J connectivity index is 1.83. The van der Waals surface area contributed by atoms with Crippen molar-refractivity contribution in [2.45, 2.75) is 6.92 Å². The smallest absolute Gasteiger partial charge is 0.140 e. The maximum atomic E-state index is 14.2. The lowest BCUT2D eigenvalue weighted by atomic mass is 10.0. The van der Waals surface area contributed by atoms with E-state index in [4.69, 9.17) is 16.9 Å². The van der Waals surface area contributed by atoms with Gasteiger partial charge >= 0.3 is 0 Å². The zero-order valence-electron chi connectivity index (χ0n) is 13.8. The van der Waals surface area contributed by atoms with Crippen molar-refractivity contribution in [3.63, 3.8) is 0 Å². The van der Waals surface area contributed by atoms with Crippen LogP contribution in [-0.2, 0) is 0 Å². The Morgan fingerprint density at radius 1 is 1.15 bits per heavy atom. The van der Waals surface area contributed by atoms with Gasteiger partial charge in [-0.15, -0.1) is 0 Å². The van der Waals surface area contributed by atoms with Gasteiger partial charge in [0.1, 0.15) is 17.6 Å². The molecule has 5 heteroatoms. The summed E-state index contributed by atoms with van der Waals surface area (Å²) < 4.78 is 14.2. The van der Waals surface area contributed by atoms with Crippen LogP contribution < -0.4 is 0 Å². The second-order valence-corrected chi connectivity index (χ2v) is 6.49. The van der Waals surface area contributed by atoms with E-state index in [9.17, 15) is 4.39 Å². The average molecular weight is 362 g/mol. The molecule has 0 amide bonds. The maximum Gasteiger partial charge on any atom is 0.140 e. The lowest BCUT2D eigenvalue weighted by Crippen LogP contribution is -1.89. The van der Waals surface area contributed by atoms with Crippen LogP contribution >= 0.6 is 11.6 Å². The number of benzene rings is 2. The predicted octanol–water partition coefficient (Wildman–Crippen LogP) is 5.87. The standard InChI is InChI=1S/C21H13ClFN3/c1-12-7-15(10-24)25-11-16(12)13-5-6-19-14(8-13)9-20(26-19)21-17(22)3-2-4-18(21)23/h2-9,11,26H,1H3. The molecule has 126 valence electrons. The number of aryl methyl sites for hydroxylation is 1. The van der Waals surface area contributed by atoms with E-state index >= 15 is 0 Å². The van der Waals surface area contributed by atoms with Gasteiger partial charge in [0, 0.05) is 22.7 Å². The first-order chi connectivity index (χ1) is 12.6. The molecule has 0 radical (unpaired) electrons. The quantitative estimate of drug-likeness (QED) is 0.485. The molecule has 0 fully saturated rings. The Morgan fingerprint density at radius 2 is 2.00 bits per heavy atom. The highest BCUT2D eigenvalue weighted by Crippen LogP contribution is 2.34. The SMILES string of the molecule is Cc1cc(C#N)ncc1-c1ccc2[nH]c(-c3c(F)cccc3Cl)cc2c1. The summed E-state index contributed by atoms with van der Waals surface area (Å²) in [5.41, 5.74) is 5.20. The number of rotatable bonds is 2. The van der Waals surface area contributed by atoms with Gasteiger partial charge in [-0.3, -0.25) is 0 Å². The van der Waals surface area contributed by atoms with Crippen molar-refractivity contribution in [1.29, 1.82) is 5.26 Å². The molecule has 0 bridgehead atoms. The van der Waals surface area contributed by atoms with E-state index in [1.54, 1.807) is 24.4 Å². The van der Waals surface area contributed by atoms with Crippen LogP contribution in [0.25, 0.3) is 33.3 Å². The van der Waals surface area contributed by atoms with Crippen LogP contribution in [0.5, 0.6) is 0 Å². The van der Waals surface area contributed by atoms with Crippen molar-refractivity contribution < 1.29 is 4.39 Å². The molecule has 3 nitrogen and oxygen atoms in total. The molecule has 0 saturated heterocycles. The third-order valence-electron chi connectivity index (χ3n) is 4.39. The fourth-order valence-electron chi connectivity index (χ4n) is 3.11. The van der Waals surface area contributed by atoms with Crippen LogP contribution in [0.1, 0.15) is 11.3 Å². The Bertz CT molecular complexity index is 1170. The van der Waals surface area contributed by atoms with Gasteiger partial charge in [0.25, 0.3) is 0 Å². The molecular weight excluding hydrogens is 349 g/mol. The van der Waals surface area contributed by atoms with Crippen LogP contribution in [0, 0.1) is 24.1 Å². The van der Waals surface area contributed by atoms with Crippen molar-refractivity contribution >= 4 is 22.5 Å². The molecule has 4 rings (SSSR count). The van der Waals surface area contributed by atoms with E-state index in [1.807, 2.05) is 37.3 Å². The average Bonchev–Trinajstić information content (AvgIpc) is 3.04. The number of fused-ring (bicyclic) bond motifs is 1. The molecule has 0 aliphatic heterocycles. The number of hydrogen-bond donors (Lipinski definition) is 1. The summed E-state index contributed by atoms with van der Waals surface area (Å²) in [5, 5.41) is 10.3. The van der Waals surface area contributed by atoms with Crippen molar-refractivity contribution in [2.24, 2.45) is 0 Å². The van der Waals surface area contributed by atoms with Gasteiger partial charge in [-0.2, -0.15) is 5.26 Å². The topological polar surface area (TPSA) is 52.5 Å². The molecule has 0 spiro atoms. The van der Waals surface area contributed by atoms with Crippen LogP contribution in [0.15, 0.2) is 54.7 Å². The fourth-order valence-corrected chi connectivity index (χ4v) is 3.37. The summed E-state index contributed by atoms with van der Waals surface area (Å²) in [6.07, 6.45) is 1.70. The van der Waals surface area contributed by atoms with Crippen molar-refractivity contribution in [1.82, 2.24) is 9.97 Å². The van der Waals surface area contributed by atoms with Crippen LogP contribution in [0.4, 0.5) is 4.39 Å². The molecule has 26 heavy (non-hydrogen) atoms. The minimum atomic E-state index is -0.364. The largest absolute Gasteiger partial charge is 0.354 e. The first-order valence-corrected chi connectivity index (χ1v) is 8.39. The van der Waals surface area contributed by atoms with Crippen LogP contribution in [0.2, 0.25) is 5.02 Å². The summed E-state index contributed by atoms with van der Waals surface area (Å²) in [6, 6.07) is 16.3. The number of aromatic amines is 1. The van der Waals surface area contributed by atoms with Crippen LogP contribution in [-0.4, -0.2) is 9.97 Å². The number of halogens is 2. The number of nitriles is 1. The van der Waals surface area contributed by atoms with E-state index in [0.717, 1.165) is 27.6 Å². The number of H-pyrrole nitrogens is 1. The number of nitrogens with zero attached hydrogens (tertiary/aromatic N) is 2. The molecule has 1 N–H and O–H groups in total. The van der Waals surface area contributed by atoms with E-state index in [0.29, 0.717) is 22.0 Å². The Labute approximate surface area is 154 Å². The minimum Gasteiger partial charge on any atom is -0.354 e. The highest BCUT2D eigenvalue weighted by Gasteiger charge is 2.13. The molecule has 0 unspecified atom stereocenters. The second-order valence-electron chi connectivity index (χ2n) is 6.08. The van der Waals surface area contributed by atoms with Gasteiger partial charge in [-0.05, 0) is 54.4 Å². The summed E-state index contributed by atoms with van der Waals surface area (Å²) in [6.45, 7) is 1.95. The van der Waals surface area contributed by atoms with Gasteiger partial charge in [-0.25, -0.2) is 9.37 Å². The lowest BCUT2D eigenvalue weighted by Gasteiger charge is -2.06. The van der Waals surface area contributed by atoms with E-state index < -0.39 is 0 Å². The number of hydrogen-bond acceptors (Lipinski definition) is 2. The molecule has 0 aliphatic carbocycles. The Kier molecular flexibility index (Phi) is 3.95. The first kappa shape index (κ1) is 16.3. The van der Waals surface area contributed by atoms with Crippen molar-refractivity contribution in [3.05, 3.63) is 76.8 Å². The number of nitrogens with one attached hydrogen (secondary N) is 1. The molecule has 0 atom stereocenters. The normalized spacial score (nSPS) is 10.8. The van der Waals surface area contributed by atoms with Crippen LogP contribution in [0.3, 0.4) is 0 Å². The Hall–Kier alpha value is -3.16. The fraction of sp³-hybridized carbons (Fsp3) is 0.0476. The zero-order chi connectivity index (χ0) is 18.3. The summed E-state index contributed by atoms with van der Waals surface area (Å²) in [4.78, 5) is 7.38. The minimum absolute atomic E-state index is 0.364. The summed E-state index contributed by atoms with van der Waals surface area (Å²) >= 11 is 6.17. The van der Waals surface area contributed by atoms with Crippen molar-refractivity contribution in [2.75, 3.05) is 0 Å². The van der Waals surface area contributed by atoms with Gasteiger partial charge in [0.05, 0.1) is 16.3 Å². The van der Waals surface area contributed by atoms with Gasteiger partial charge in [-0.1, -0.05) is 23.7 Å². The predicted molar refractivity (Wildman–Crippen MR) is 101 cm³/mol. The summed E-state index contributed by atoms with van der Waals surface area (Å²) in [5.74, 6) is -0.364. The first-order valence-electron chi connectivity index (χ1n) is 8.01. The highest BCUT2D eigenvalue weighted by molar-refractivity contribution is 6.33. The Morgan fingerprint density at radius 3 is 2.73 bits per heavy atom. The second kappa shape index (κ2) is 6.29. The molecule has 0 aliphatic rings. The van der Waals surface area contributed by atoms with Gasteiger partial charge in [0.15, 0.2) is 0 Å². The molecule has 2 heterocycles. The number of aromatic nitrogens is 2. The van der Waals surface area contributed by atoms with Gasteiger partial charge in [0.2, 0.25) is 0 Å². The van der Waals surface area contributed by atoms with E-state index in [2.05, 4.69) is 9.97 Å². The van der Waals surface area contributed by atoms with Crippen molar-refractivity contribution in [3.8, 4) is 28.5 Å². The van der Waals surface area contributed by atoms with Gasteiger partial charge < -0.3 is 4.98 Å². The molecular formula is C21H13ClFN3. The summed E-state index contributed by atoms with van der Waals surface area (Å²) in [7, 11) is 0. The molecule has 2 aromatic heterocycles. The monoisotopic (exact) mass is 361 g/mol. The third kappa shape index (κ3) is 2.73. The zero-order valence-corrected chi connectivity index (χ0v) is 14.6. The third-order valence-corrected chi connectivity index (χ3v) is 4.70. The number of pyridine rings is 1. The maximum absolute atomic E-state index is 14.2. The van der Waals surface area contributed by atoms with E-state index in [-0.39, 0.29) is 5.82 Å². The van der Waals surface area contributed by atoms with E-state index in [1.165, 1.54) is 6.07 Å². The molecule has 2 aromatic carbocycles.